The fourth-order valence-electron chi connectivity index (χ4n) is 2.09. The minimum atomic E-state index is -3.86. The second kappa shape index (κ2) is 8.10. The minimum Gasteiger partial charge on any atom is -0.490 e. The Morgan fingerprint density at radius 2 is 1.76 bits per heavy atom. The van der Waals surface area contributed by atoms with Crippen LogP contribution in [0.25, 0.3) is 0 Å². The molecule has 0 saturated heterocycles. The quantitative estimate of drug-likeness (QED) is 0.788. The molecule has 1 N–H and O–H groups in total. The van der Waals surface area contributed by atoms with E-state index in [1.807, 2.05) is 13.0 Å². The Kier molecular flexibility index (Phi) is 6.12. The second-order valence-electron chi connectivity index (χ2n) is 4.89. The van der Waals surface area contributed by atoms with Gasteiger partial charge in [0.15, 0.2) is 11.5 Å². The van der Waals surface area contributed by atoms with E-state index >= 15 is 0 Å². The number of nitrogens with one attached hydrogen (secondary N) is 1. The van der Waals surface area contributed by atoms with Crippen LogP contribution >= 0.6 is 11.6 Å². The third-order valence-electron chi connectivity index (χ3n) is 3.16. The smallest absolute Gasteiger partial charge is 0.262 e. The fraction of sp³-hybridized carbons (Fsp3) is 0.235. The highest BCUT2D eigenvalue weighted by Crippen LogP contribution is 2.31. The molecule has 0 aromatic heterocycles. The summed E-state index contributed by atoms with van der Waals surface area (Å²) in [5.41, 5.74) is 0.427. The van der Waals surface area contributed by atoms with Crippen molar-refractivity contribution in [1.82, 2.24) is 0 Å². The molecule has 0 bridgehead atoms. The van der Waals surface area contributed by atoms with Gasteiger partial charge in [-0.3, -0.25) is 4.72 Å². The van der Waals surface area contributed by atoms with E-state index < -0.39 is 10.0 Å². The lowest BCUT2D eigenvalue weighted by molar-refractivity contribution is 0.287. The molecule has 2 rings (SSSR count). The van der Waals surface area contributed by atoms with Gasteiger partial charge in [-0.15, -0.1) is 0 Å². The lowest BCUT2D eigenvalue weighted by Crippen LogP contribution is -2.13. The van der Waals surface area contributed by atoms with Crippen LogP contribution in [-0.2, 0) is 10.0 Å². The number of halogens is 1. The van der Waals surface area contributed by atoms with Crippen LogP contribution < -0.4 is 14.2 Å². The molecular formula is C17H17ClN2O4S. The van der Waals surface area contributed by atoms with E-state index in [9.17, 15) is 8.42 Å². The van der Waals surface area contributed by atoms with Crippen LogP contribution in [-0.4, -0.2) is 21.6 Å². The Hall–Kier alpha value is -2.43. The number of rotatable bonds is 7. The largest absolute Gasteiger partial charge is 0.490 e. The topological polar surface area (TPSA) is 88.4 Å². The Morgan fingerprint density at radius 3 is 2.40 bits per heavy atom. The summed E-state index contributed by atoms with van der Waals surface area (Å²) in [5.74, 6) is 0.822. The number of anilines is 1. The molecule has 0 aliphatic rings. The summed E-state index contributed by atoms with van der Waals surface area (Å²) >= 11 is 5.86. The highest BCUT2D eigenvalue weighted by atomic mass is 35.5. The van der Waals surface area contributed by atoms with Gasteiger partial charge in [-0.2, -0.15) is 5.26 Å². The summed E-state index contributed by atoms with van der Waals surface area (Å²) in [6.45, 7) is 4.44. The van der Waals surface area contributed by atoms with Crippen molar-refractivity contribution in [3.05, 3.63) is 47.0 Å². The lowest BCUT2D eigenvalue weighted by Gasteiger charge is -2.13. The number of sulfonamides is 1. The van der Waals surface area contributed by atoms with Crippen molar-refractivity contribution >= 4 is 27.3 Å². The fourth-order valence-corrected chi connectivity index (χ4v) is 3.31. The second-order valence-corrected chi connectivity index (χ2v) is 6.98. The van der Waals surface area contributed by atoms with Gasteiger partial charge < -0.3 is 9.47 Å². The summed E-state index contributed by atoms with van der Waals surface area (Å²) in [6, 6.07) is 10.6. The van der Waals surface area contributed by atoms with Crippen molar-refractivity contribution in [2.75, 3.05) is 17.9 Å². The van der Waals surface area contributed by atoms with Gasteiger partial charge in [0.1, 0.15) is 6.07 Å². The van der Waals surface area contributed by atoms with E-state index in [1.54, 1.807) is 13.0 Å². The molecule has 0 aliphatic carbocycles. The summed E-state index contributed by atoms with van der Waals surface area (Å²) in [6.07, 6.45) is 0. The molecule has 0 unspecified atom stereocenters. The molecule has 0 fully saturated rings. The summed E-state index contributed by atoms with van der Waals surface area (Å²) in [4.78, 5) is 0.0212. The molecule has 0 amide bonds. The van der Waals surface area contributed by atoms with Crippen molar-refractivity contribution in [3.8, 4) is 17.6 Å². The van der Waals surface area contributed by atoms with Crippen LogP contribution in [0.1, 0.15) is 19.4 Å². The van der Waals surface area contributed by atoms with Gasteiger partial charge >= 0.3 is 0 Å². The number of ether oxygens (including phenoxy) is 2. The Morgan fingerprint density at radius 1 is 1.08 bits per heavy atom. The SMILES string of the molecule is CCOc1ccc(S(=O)(=O)Nc2ccc(Cl)c(C#N)c2)cc1OCC. The molecule has 132 valence electrons. The first-order valence-electron chi connectivity index (χ1n) is 7.53. The Labute approximate surface area is 152 Å². The van der Waals surface area contributed by atoms with Gasteiger partial charge in [-0.1, -0.05) is 11.6 Å². The molecule has 0 aliphatic heterocycles. The monoisotopic (exact) mass is 380 g/mol. The average molecular weight is 381 g/mol. The molecule has 2 aromatic carbocycles. The van der Waals surface area contributed by atoms with Gasteiger partial charge in [0.2, 0.25) is 0 Å². The maximum absolute atomic E-state index is 12.6. The molecular weight excluding hydrogens is 364 g/mol. The predicted octanol–water partition coefficient (Wildman–Crippen LogP) is 3.81. The number of nitrogens with zero attached hydrogens (tertiary/aromatic N) is 1. The number of hydrogen-bond donors (Lipinski definition) is 1. The van der Waals surface area contributed by atoms with Crippen LogP contribution in [0.3, 0.4) is 0 Å². The first kappa shape index (κ1) is 18.9. The van der Waals surface area contributed by atoms with Crippen molar-refractivity contribution in [2.45, 2.75) is 18.7 Å². The lowest BCUT2D eigenvalue weighted by atomic mass is 10.2. The Bertz CT molecular complexity index is 907. The van der Waals surface area contributed by atoms with E-state index in [-0.39, 0.29) is 21.2 Å². The predicted molar refractivity (Wildman–Crippen MR) is 95.8 cm³/mol. The molecule has 6 nitrogen and oxygen atoms in total. The van der Waals surface area contributed by atoms with Crippen molar-refractivity contribution in [2.24, 2.45) is 0 Å². The maximum Gasteiger partial charge on any atom is 0.262 e. The first-order chi connectivity index (χ1) is 11.9. The van der Waals surface area contributed by atoms with Gasteiger partial charge in [0.25, 0.3) is 10.0 Å². The van der Waals surface area contributed by atoms with E-state index in [2.05, 4.69) is 4.72 Å². The zero-order valence-corrected chi connectivity index (χ0v) is 15.3. The van der Waals surface area contributed by atoms with E-state index in [1.165, 1.54) is 30.3 Å². The van der Waals surface area contributed by atoms with Crippen LogP contribution in [0.4, 0.5) is 5.69 Å². The molecule has 0 heterocycles. The third-order valence-corrected chi connectivity index (χ3v) is 4.87. The third kappa shape index (κ3) is 4.56. The minimum absolute atomic E-state index is 0.0212. The summed E-state index contributed by atoms with van der Waals surface area (Å²) < 4.78 is 38.5. The molecule has 0 radical (unpaired) electrons. The number of benzene rings is 2. The maximum atomic E-state index is 12.6. The molecule has 0 atom stereocenters. The zero-order chi connectivity index (χ0) is 18.4. The normalized spacial score (nSPS) is 10.8. The number of hydrogen-bond acceptors (Lipinski definition) is 5. The zero-order valence-electron chi connectivity index (χ0n) is 13.7. The average Bonchev–Trinajstić information content (AvgIpc) is 2.58. The highest BCUT2D eigenvalue weighted by Gasteiger charge is 2.18. The summed E-state index contributed by atoms with van der Waals surface area (Å²) in [7, 11) is -3.86. The van der Waals surface area contributed by atoms with Crippen LogP contribution in [0.15, 0.2) is 41.3 Å². The van der Waals surface area contributed by atoms with E-state index in [0.29, 0.717) is 24.7 Å². The molecule has 25 heavy (non-hydrogen) atoms. The first-order valence-corrected chi connectivity index (χ1v) is 9.39. The van der Waals surface area contributed by atoms with Crippen LogP contribution in [0.2, 0.25) is 5.02 Å². The molecule has 2 aromatic rings. The van der Waals surface area contributed by atoms with E-state index in [4.69, 9.17) is 26.3 Å². The van der Waals surface area contributed by atoms with Gasteiger partial charge in [-0.25, -0.2) is 8.42 Å². The summed E-state index contributed by atoms with van der Waals surface area (Å²) in [5, 5.41) is 9.25. The van der Waals surface area contributed by atoms with Gasteiger partial charge in [-0.05, 0) is 44.2 Å². The number of nitriles is 1. The Balaban J connectivity index is 2.36. The molecule has 8 heteroatoms. The van der Waals surface area contributed by atoms with Crippen LogP contribution in [0.5, 0.6) is 11.5 Å². The van der Waals surface area contributed by atoms with Crippen molar-refractivity contribution in [3.63, 3.8) is 0 Å². The van der Waals surface area contributed by atoms with Gasteiger partial charge in [0.05, 0.1) is 34.4 Å². The van der Waals surface area contributed by atoms with E-state index in [0.717, 1.165) is 0 Å². The molecule has 0 spiro atoms. The van der Waals surface area contributed by atoms with Crippen molar-refractivity contribution < 1.29 is 17.9 Å². The van der Waals surface area contributed by atoms with Crippen LogP contribution in [0, 0.1) is 11.3 Å². The van der Waals surface area contributed by atoms with Gasteiger partial charge in [0, 0.05) is 6.07 Å². The molecule has 0 saturated carbocycles. The standard InChI is InChI=1S/C17H17ClN2O4S/c1-3-23-16-8-6-14(10-17(16)24-4-2)25(21,22)20-13-5-7-15(18)12(9-13)11-19/h5-10,20H,3-4H2,1-2H3. The van der Waals surface area contributed by atoms with Crippen molar-refractivity contribution in [1.29, 1.82) is 5.26 Å². The highest BCUT2D eigenvalue weighted by molar-refractivity contribution is 7.92.